The van der Waals surface area contributed by atoms with Gasteiger partial charge in [0.25, 0.3) is 0 Å². The van der Waals surface area contributed by atoms with Crippen LogP contribution in [0.5, 0.6) is 0 Å². The lowest BCUT2D eigenvalue weighted by Gasteiger charge is -2.08. The molecule has 0 saturated carbocycles. The number of amides is 1. The normalized spacial score (nSPS) is 10.2. The van der Waals surface area contributed by atoms with Crippen LogP contribution in [0, 0.1) is 0 Å². The predicted molar refractivity (Wildman–Crippen MR) is 86.6 cm³/mol. The molecule has 0 spiro atoms. The molecule has 0 fully saturated rings. The highest BCUT2D eigenvalue weighted by Crippen LogP contribution is 2.24. The average molecular weight is 333 g/mol. The summed E-state index contributed by atoms with van der Waals surface area (Å²) in [5, 5.41) is 2.87. The Bertz CT molecular complexity index is 584. The highest BCUT2D eigenvalue weighted by atomic mass is 79.9. The second-order valence-electron chi connectivity index (χ2n) is 4.63. The van der Waals surface area contributed by atoms with E-state index in [0.717, 1.165) is 23.0 Å². The molecule has 3 N–H and O–H groups in total. The fraction of sp³-hybridized carbons (Fsp3) is 0.188. The standard InChI is InChI=1S/C16H17BrN2O/c17-14-10-9-13(18)11-15(14)19-16(20)8-4-7-12-5-2-1-3-6-12/h1-3,5-6,9-11H,4,7-8,18H2,(H,19,20). The van der Waals surface area contributed by atoms with Crippen molar-refractivity contribution in [3.05, 3.63) is 58.6 Å². The highest BCUT2D eigenvalue weighted by Gasteiger charge is 2.06. The van der Waals surface area contributed by atoms with Crippen molar-refractivity contribution < 1.29 is 4.79 Å². The van der Waals surface area contributed by atoms with Crippen molar-refractivity contribution in [2.24, 2.45) is 0 Å². The van der Waals surface area contributed by atoms with Crippen molar-refractivity contribution in [1.29, 1.82) is 0 Å². The Kier molecular flexibility index (Phi) is 5.18. The van der Waals surface area contributed by atoms with Gasteiger partial charge in [0.1, 0.15) is 0 Å². The first-order chi connectivity index (χ1) is 9.65. The third kappa shape index (κ3) is 4.38. The van der Waals surface area contributed by atoms with Gasteiger partial charge in [0.15, 0.2) is 0 Å². The molecular weight excluding hydrogens is 316 g/mol. The topological polar surface area (TPSA) is 55.1 Å². The molecule has 0 aliphatic heterocycles. The number of aryl methyl sites for hydroxylation is 1. The number of rotatable bonds is 5. The van der Waals surface area contributed by atoms with Crippen molar-refractivity contribution >= 4 is 33.2 Å². The number of halogens is 1. The second-order valence-corrected chi connectivity index (χ2v) is 5.48. The number of hydrogen-bond donors (Lipinski definition) is 2. The zero-order chi connectivity index (χ0) is 14.4. The number of hydrogen-bond acceptors (Lipinski definition) is 2. The van der Waals surface area contributed by atoms with E-state index in [-0.39, 0.29) is 5.91 Å². The van der Waals surface area contributed by atoms with E-state index < -0.39 is 0 Å². The SMILES string of the molecule is Nc1ccc(Br)c(NC(=O)CCCc2ccccc2)c1. The van der Waals surface area contributed by atoms with Crippen LogP contribution in [0.3, 0.4) is 0 Å². The monoisotopic (exact) mass is 332 g/mol. The molecule has 0 aliphatic carbocycles. The molecule has 1 amide bonds. The molecule has 0 bridgehead atoms. The van der Waals surface area contributed by atoms with Gasteiger partial charge in [-0.05, 0) is 52.5 Å². The van der Waals surface area contributed by atoms with E-state index in [1.54, 1.807) is 12.1 Å². The van der Waals surface area contributed by atoms with E-state index in [2.05, 4.69) is 33.4 Å². The molecule has 0 heterocycles. The Morgan fingerprint density at radius 3 is 2.65 bits per heavy atom. The Morgan fingerprint density at radius 2 is 1.90 bits per heavy atom. The molecule has 0 aromatic heterocycles. The number of nitrogens with one attached hydrogen (secondary N) is 1. The van der Waals surface area contributed by atoms with Crippen LogP contribution in [-0.2, 0) is 11.2 Å². The van der Waals surface area contributed by atoms with Crippen LogP contribution < -0.4 is 11.1 Å². The molecule has 0 saturated heterocycles. The summed E-state index contributed by atoms with van der Waals surface area (Å²) >= 11 is 3.39. The maximum absolute atomic E-state index is 11.9. The smallest absolute Gasteiger partial charge is 0.224 e. The summed E-state index contributed by atoms with van der Waals surface area (Å²) in [4.78, 5) is 11.9. The molecular formula is C16H17BrN2O. The van der Waals surface area contributed by atoms with Gasteiger partial charge in [-0.3, -0.25) is 4.79 Å². The Balaban J connectivity index is 1.82. The molecule has 0 unspecified atom stereocenters. The van der Waals surface area contributed by atoms with Crippen LogP contribution in [0.1, 0.15) is 18.4 Å². The second kappa shape index (κ2) is 7.10. The number of carbonyl (C=O) groups excluding carboxylic acids is 1. The van der Waals surface area contributed by atoms with Gasteiger partial charge in [0, 0.05) is 16.6 Å². The third-order valence-corrected chi connectivity index (χ3v) is 3.67. The lowest BCUT2D eigenvalue weighted by Crippen LogP contribution is -2.12. The van der Waals surface area contributed by atoms with E-state index in [0.29, 0.717) is 12.1 Å². The summed E-state index contributed by atoms with van der Waals surface area (Å²) in [6.07, 6.45) is 2.23. The fourth-order valence-corrected chi connectivity index (χ4v) is 2.29. The number of carbonyl (C=O) groups is 1. The molecule has 0 aliphatic rings. The number of nitrogen functional groups attached to an aromatic ring is 1. The van der Waals surface area contributed by atoms with Crippen molar-refractivity contribution in [3.8, 4) is 0 Å². The quantitative estimate of drug-likeness (QED) is 0.813. The van der Waals surface area contributed by atoms with Crippen LogP contribution in [0.2, 0.25) is 0 Å². The first-order valence-electron chi connectivity index (χ1n) is 6.54. The first kappa shape index (κ1) is 14.6. The molecule has 104 valence electrons. The zero-order valence-electron chi connectivity index (χ0n) is 11.1. The van der Waals surface area contributed by atoms with Gasteiger partial charge in [-0.15, -0.1) is 0 Å². The minimum absolute atomic E-state index is 0.00670. The van der Waals surface area contributed by atoms with E-state index in [9.17, 15) is 4.79 Å². The maximum Gasteiger partial charge on any atom is 0.224 e. The summed E-state index contributed by atoms with van der Waals surface area (Å²) in [6.45, 7) is 0. The van der Waals surface area contributed by atoms with Crippen LogP contribution in [0.25, 0.3) is 0 Å². The van der Waals surface area contributed by atoms with Gasteiger partial charge < -0.3 is 11.1 Å². The molecule has 0 radical (unpaired) electrons. The van der Waals surface area contributed by atoms with Crippen LogP contribution in [0.4, 0.5) is 11.4 Å². The number of nitrogens with two attached hydrogens (primary N) is 1. The van der Waals surface area contributed by atoms with Crippen LogP contribution in [0.15, 0.2) is 53.0 Å². The minimum Gasteiger partial charge on any atom is -0.399 e. The van der Waals surface area contributed by atoms with E-state index >= 15 is 0 Å². The number of anilines is 2. The molecule has 0 atom stereocenters. The molecule has 2 rings (SSSR count). The number of benzene rings is 2. The van der Waals surface area contributed by atoms with E-state index in [1.807, 2.05) is 24.3 Å². The summed E-state index contributed by atoms with van der Waals surface area (Å²) in [7, 11) is 0. The first-order valence-corrected chi connectivity index (χ1v) is 7.33. The lowest BCUT2D eigenvalue weighted by molar-refractivity contribution is -0.116. The molecule has 20 heavy (non-hydrogen) atoms. The lowest BCUT2D eigenvalue weighted by atomic mass is 10.1. The molecule has 2 aromatic rings. The van der Waals surface area contributed by atoms with Crippen LogP contribution in [-0.4, -0.2) is 5.91 Å². The summed E-state index contributed by atoms with van der Waals surface area (Å²) in [5.41, 5.74) is 8.31. The average Bonchev–Trinajstić information content (AvgIpc) is 2.44. The minimum atomic E-state index is 0.00670. The Labute approximate surface area is 127 Å². The Morgan fingerprint density at radius 1 is 1.15 bits per heavy atom. The molecule has 2 aromatic carbocycles. The van der Waals surface area contributed by atoms with Gasteiger partial charge in [0.2, 0.25) is 5.91 Å². The maximum atomic E-state index is 11.9. The van der Waals surface area contributed by atoms with Gasteiger partial charge in [-0.2, -0.15) is 0 Å². The van der Waals surface area contributed by atoms with Gasteiger partial charge >= 0.3 is 0 Å². The predicted octanol–water partition coefficient (Wildman–Crippen LogP) is 3.99. The van der Waals surface area contributed by atoms with Crippen molar-refractivity contribution in [2.45, 2.75) is 19.3 Å². The van der Waals surface area contributed by atoms with Crippen LogP contribution >= 0.6 is 15.9 Å². The summed E-state index contributed by atoms with van der Waals surface area (Å²) < 4.78 is 0.836. The third-order valence-electron chi connectivity index (χ3n) is 2.98. The summed E-state index contributed by atoms with van der Waals surface area (Å²) in [5.74, 6) is 0.00670. The zero-order valence-corrected chi connectivity index (χ0v) is 12.7. The van der Waals surface area contributed by atoms with Gasteiger partial charge in [-0.1, -0.05) is 30.3 Å². The summed E-state index contributed by atoms with van der Waals surface area (Å²) in [6, 6.07) is 15.5. The molecule has 3 nitrogen and oxygen atoms in total. The van der Waals surface area contributed by atoms with Crippen molar-refractivity contribution in [1.82, 2.24) is 0 Å². The van der Waals surface area contributed by atoms with Crippen molar-refractivity contribution in [3.63, 3.8) is 0 Å². The van der Waals surface area contributed by atoms with E-state index in [1.165, 1.54) is 5.56 Å². The molecule has 4 heteroatoms. The van der Waals surface area contributed by atoms with Crippen molar-refractivity contribution in [2.75, 3.05) is 11.1 Å². The van der Waals surface area contributed by atoms with Gasteiger partial charge in [0.05, 0.1) is 5.69 Å². The largest absolute Gasteiger partial charge is 0.399 e. The van der Waals surface area contributed by atoms with Gasteiger partial charge in [-0.25, -0.2) is 0 Å². The fourth-order valence-electron chi connectivity index (χ4n) is 1.95. The highest BCUT2D eigenvalue weighted by molar-refractivity contribution is 9.10. The Hall–Kier alpha value is -1.81. The van der Waals surface area contributed by atoms with E-state index in [4.69, 9.17) is 5.73 Å².